The summed E-state index contributed by atoms with van der Waals surface area (Å²) in [5, 5.41) is 15.4. The molecule has 1 aromatic rings. The van der Waals surface area contributed by atoms with Gasteiger partial charge < -0.3 is 10.4 Å². The fourth-order valence-electron chi connectivity index (χ4n) is 3.05. The normalized spacial score (nSPS) is 23.0. The van der Waals surface area contributed by atoms with E-state index in [1.807, 2.05) is 24.3 Å². The highest BCUT2D eigenvalue weighted by Crippen LogP contribution is 2.38. The summed E-state index contributed by atoms with van der Waals surface area (Å²) >= 11 is 6.10. The van der Waals surface area contributed by atoms with Gasteiger partial charge in [-0.3, -0.25) is 0 Å². The summed E-state index contributed by atoms with van der Waals surface area (Å²) in [6.07, 6.45) is 5.18. The number of piperidine rings is 1. The molecule has 0 saturated carbocycles. The van der Waals surface area contributed by atoms with Gasteiger partial charge in [-0.05, 0) is 43.5 Å². The minimum atomic E-state index is -0.742. The quantitative estimate of drug-likeness (QED) is 0.862. The van der Waals surface area contributed by atoms with Gasteiger partial charge in [-0.15, -0.1) is 0 Å². The second-order valence-electron chi connectivity index (χ2n) is 5.58. The molecule has 1 fully saturated rings. The maximum Gasteiger partial charge on any atom is 0.0937 e. The summed E-state index contributed by atoms with van der Waals surface area (Å²) in [6, 6.07) is 7.73. The van der Waals surface area contributed by atoms with E-state index in [1.165, 1.54) is 0 Å². The number of benzene rings is 1. The number of halogens is 1. The molecule has 1 saturated heterocycles. The Labute approximate surface area is 121 Å². The number of hydrogen-bond donors (Lipinski definition) is 2. The zero-order chi connectivity index (χ0) is 13.7. The van der Waals surface area contributed by atoms with Crippen molar-refractivity contribution in [1.29, 1.82) is 0 Å². The van der Waals surface area contributed by atoms with Gasteiger partial charge in [0.05, 0.1) is 5.60 Å². The van der Waals surface area contributed by atoms with Gasteiger partial charge in [-0.2, -0.15) is 0 Å². The van der Waals surface area contributed by atoms with E-state index in [4.69, 9.17) is 11.6 Å². The lowest BCUT2D eigenvalue weighted by Gasteiger charge is -2.39. The van der Waals surface area contributed by atoms with Crippen LogP contribution in [0.25, 0.3) is 0 Å². The summed E-state index contributed by atoms with van der Waals surface area (Å²) in [5.41, 5.74) is 0.232. The minimum absolute atomic E-state index is 0.284. The minimum Gasteiger partial charge on any atom is -0.385 e. The van der Waals surface area contributed by atoms with E-state index in [9.17, 15) is 5.11 Å². The molecule has 0 radical (unpaired) electrons. The third-order valence-electron chi connectivity index (χ3n) is 4.21. The molecule has 2 N–H and O–H groups in total. The molecule has 2 rings (SSSR count). The first-order valence-electron chi connectivity index (χ1n) is 7.36. The van der Waals surface area contributed by atoms with E-state index in [0.717, 1.165) is 50.8 Å². The standard InChI is InChI=1S/C16H24ClNO/c1-2-3-9-16(19,14-7-5-10-18-12-14)13-6-4-8-15(17)11-13/h4,6,8,11,14,18-19H,2-3,5,7,9-10,12H2,1H3/t14-,16-/m1/s1. The smallest absolute Gasteiger partial charge is 0.0937 e. The van der Waals surface area contributed by atoms with Crippen LogP contribution < -0.4 is 5.32 Å². The van der Waals surface area contributed by atoms with Gasteiger partial charge in [-0.1, -0.05) is 43.5 Å². The summed E-state index contributed by atoms with van der Waals surface area (Å²) in [5.74, 6) is 0.284. The molecule has 0 amide bonds. The average Bonchev–Trinajstić information content (AvgIpc) is 2.45. The van der Waals surface area contributed by atoms with Crippen LogP contribution in [0.3, 0.4) is 0 Å². The summed E-state index contributed by atoms with van der Waals surface area (Å²) < 4.78 is 0. The van der Waals surface area contributed by atoms with E-state index in [-0.39, 0.29) is 5.92 Å². The van der Waals surface area contributed by atoms with Crippen LogP contribution in [0.15, 0.2) is 24.3 Å². The third-order valence-corrected chi connectivity index (χ3v) is 4.44. The van der Waals surface area contributed by atoms with Crippen LogP contribution in [0.4, 0.5) is 0 Å². The van der Waals surface area contributed by atoms with Crippen LogP contribution in [-0.2, 0) is 5.60 Å². The van der Waals surface area contributed by atoms with Crippen LogP contribution in [0.5, 0.6) is 0 Å². The van der Waals surface area contributed by atoms with Gasteiger partial charge in [0.15, 0.2) is 0 Å². The first-order valence-corrected chi connectivity index (χ1v) is 7.73. The average molecular weight is 282 g/mol. The van der Waals surface area contributed by atoms with Gasteiger partial charge in [-0.25, -0.2) is 0 Å². The van der Waals surface area contributed by atoms with Gasteiger partial charge in [0.25, 0.3) is 0 Å². The van der Waals surface area contributed by atoms with Gasteiger partial charge in [0.1, 0.15) is 0 Å². The zero-order valence-corrected chi connectivity index (χ0v) is 12.4. The lowest BCUT2D eigenvalue weighted by molar-refractivity contribution is -0.0423. The molecule has 1 aliphatic heterocycles. The lowest BCUT2D eigenvalue weighted by atomic mass is 9.74. The Kier molecular flexibility index (Phi) is 5.26. The molecule has 1 aliphatic rings. The van der Waals surface area contributed by atoms with Gasteiger partial charge in [0.2, 0.25) is 0 Å². The van der Waals surface area contributed by atoms with Crippen LogP contribution in [0, 0.1) is 5.92 Å². The largest absolute Gasteiger partial charge is 0.385 e. The Balaban J connectivity index is 2.27. The van der Waals surface area contributed by atoms with Crippen molar-refractivity contribution < 1.29 is 5.11 Å². The van der Waals surface area contributed by atoms with Gasteiger partial charge >= 0.3 is 0 Å². The van der Waals surface area contributed by atoms with E-state index >= 15 is 0 Å². The number of unbranched alkanes of at least 4 members (excludes halogenated alkanes) is 1. The van der Waals surface area contributed by atoms with Crippen molar-refractivity contribution in [3.63, 3.8) is 0 Å². The van der Waals surface area contributed by atoms with Crippen LogP contribution in [-0.4, -0.2) is 18.2 Å². The molecule has 1 aromatic carbocycles. The lowest BCUT2D eigenvalue weighted by Crippen LogP contribution is -2.44. The van der Waals surface area contributed by atoms with Gasteiger partial charge in [0, 0.05) is 17.5 Å². The van der Waals surface area contributed by atoms with Crippen molar-refractivity contribution in [2.75, 3.05) is 13.1 Å². The van der Waals surface area contributed by atoms with Crippen molar-refractivity contribution >= 4 is 11.6 Å². The number of rotatable bonds is 5. The van der Waals surface area contributed by atoms with Crippen molar-refractivity contribution in [2.45, 2.75) is 44.6 Å². The zero-order valence-electron chi connectivity index (χ0n) is 11.7. The Morgan fingerprint density at radius 1 is 1.47 bits per heavy atom. The first kappa shape index (κ1) is 14.8. The molecule has 0 aromatic heterocycles. The molecule has 0 aliphatic carbocycles. The maximum atomic E-state index is 11.3. The van der Waals surface area contributed by atoms with Crippen LogP contribution >= 0.6 is 11.6 Å². The highest BCUT2D eigenvalue weighted by Gasteiger charge is 2.38. The monoisotopic (exact) mass is 281 g/mol. The number of hydrogen-bond acceptors (Lipinski definition) is 2. The van der Waals surface area contributed by atoms with E-state index in [2.05, 4.69) is 12.2 Å². The topological polar surface area (TPSA) is 32.3 Å². The molecule has 106 valence electrons. The fourth-order valence-corrected chi connectivity index (χ4v) is 3.24. The Hall–Kier alpha value is -0.570. The molecule has 2 atom stereocenters. The summed E-state index contributed by atoms with van der Waals surface area (Å²) in [6.45, 7) is 4.13. The van der Waals surface area contributed by atoms with Crippen molar-refractivity contribution in [1.82, 2.24) is 5.32 Å². The number of nitrogens with one attached hydrogen (secondary N) is 1. The second kappa shape index (κ2) is 6.74. The SMILES string of the molecule is CCCC[C@@](O)(c1cccc(Cl)c1)[C@@H]1CCCNC1. The predicted molar refractivity (Wildman–Crippen MR) is 80.5 cm³/mol. The Morgan fingerprint density at radius 3 is 2.95 bits per heavy atom. The maximum absolute atomic E-state index is 11.3. The van der Waals surface area contributed by atoms with Crippen LogP contribution in [0.1, 0.15) is 44.6 Å². The first-order chi connectivity index (χ1) is 9.16. The van der Waals surface area contributed by atoms with Crippen molar-refractivity contribution in [3.05, 3.63) is 34.9 Å². The molecular formula is C16H24ClNO. The highest BCUT2D eigenvalue weighted by atomic mass is 35.5. The second-order valence-corrected chi connectivity index (χ2v) is 6.02. The molecule has 3 heteroatoms. The summed E-state index contributed by atoms with van der Waals surface area (Å²) in [7, 11) is 0. The third kappa shape index (κ3) is 3.50. The van der Waals surface area contributed by atoms with E-state index < -0.39 is 5.60 Å². The Bertz CT molecular complexity index is 403. The Morgan fingerprint density at radius 2 is 2.32 bits per heavy atom. The molecule has 0 spiro atoms. The number of aliphatic hydroxyl groups is 1. The molecule has 1 heterocycles. The van der Waals surface area contributed by atoms with Crippen LogP contribution in [0.2, 0.25) is 5.02 Å². The van der Waals surface area contributed by atoms with Crippen molar-refractivity contribution in [3.8, 4) is 0 Å². The molecule has 19 heavy (non-hydrogen) atoms. The van der Waals surface area contributed by atoms with Crippen molar-refractivity contribution in [2.24, 2.45) is 5.92 Å². The molecular weight excluding hydrogens is 258 g/mol. The molecule has 0 bridgehead atoms. The van der Waals surface area contributed by atoms with E-state index in [1.54, 1.807) is 0 Å². The predicted octanol–water partition coefficient (Wildman–Crippen LogP) is 3.72. The molecule has 0 unspecified atom stereocenters. The molecule has 2 nitrogen and oxygen atoms in total. The van der Waals surface area contributed by atoms with E-state index in [0.29, 0.717) is 5.02 Å². The highest BCUT2D eigenvalue weighted by molar-refractivity contribution is 6.30. The fraction of sp³-hybridized carbons (Fsp3) is 0.625. The summed E-state index contributed by atoms with van der Waals surface area (Å²) in [4.78, 5) is 0.